The largest absolute Gasteiger partial charge is 0.451 e. The normalized spacial score (nSPS) is 10.5. The first-order valence-corrected chi connectivity index (χ1v) is 9.32. The predicted molar refractivity (Wildman–Crippen MR) is 113 cm³/mol. The van der Waals surface area contributed by atoms with E-state index in [1.807, 2.05) is 0 Å². The first kappa shape index (κ1) is 20.0. The molecule has 31 heavy (non-hydrogen) atoms. The van der Waals surface area contributed by atoms with Crippen LogP contribution in [0.5, 0.6) is 0 Å². The van der Waals surface area contributed by atoms with Crippen LogP contribution >= 0.6 is 0 Å². The maximum atomic E-state index is 13.0. The molecule has 3 aromatic carbocycles. The number of hydrogen-bond donors (Lipinski definition) is 2. The zero-order chi connectivity index (χ0) is 21.8. The molecule has 154 valence electrons. The van der Waals surface area contributed by atoms with Gasteiger partial charge in [0.25, 0.3) is 11.8 Å². The fraction of sp³-hybridized carbons (Fsp3) is 0. The minimum atomic E-state index is -0.465. The molecule has 4 rings (SSSR count). The van der Waals surface area contributed by atoms with Gasteiger partial charge in [0.2, 0.25) is 0 Å². The second kappa shape index (κ2) is 8.62. The van der Waals surface area contributed by atoms with Crippen LogP contribution in [0.25, 0.3) is 11.3 Å². The fourth-order valence-electron chi connectivity index (χ4n) is 2.86. The maximum Gasteiger partial charge on any atom is 0.291 e. The van der Waals surface area contributed by atoms with E-state index in [1.165, 1.54) is 54.6 Å². The van der Waals surface area contributed by atoms with Gasteiger partial charge in [-0.25, -0.2) is 8.78 Å². The number of anilines is 2. The predicted octanol–water partition coefficient (Wildman–Crippen LogP) is 5.73. The van der Waals surface area contributed by atoms with E-state index >= 15 is 0 Å². The van der Waals surface area contributed by atoms with Crippen LogP contribution in [0.4, 0.5) is 20.2 Å². The van der Waals surface area contributed by atoms with Gasteiger partial charge >= 0.3 is 0 Å². The summed E-state index contributed by atoms with van der Waals surface area (Å²) in [5, 5.41) is 5.31. The summed E-state index contributed by atoms with van der Waals surface area (Å²) in [5.74, 6) is -1.03. The van der Waals surface area contributed by atoms with E-state index in [0.29, 0.717) is 28.3 Å². The molecule has 2 N–H and O–H groups in total. The Hall–Kier alpha value is -4.26. The highest BCUT2D eigenvalue weighted by Gasteiger charge is 2.13. The molecule has 0 aliphatic carbocycles. The molecule has 0 unspecified atom stereocenters. The van der Waals surface area contributed by atoms with Gasteiger partial charge in [0.05, 0.1) is 0 Å². The van der Waals surface area contributed by atoms with Crippen molar-refractivity contribution < 1.29 is 22.8 Å². The average molecular weight is 418 g/mol. The molecule has 7 heteroatoms. The molecule has 0 radical (unpaired) electrons. The topological polar surface area (TPSA) is 71.3 Å². The third-order valence-corrected chi connectivity index (χ3v) is 4.47. The lowest BCUT2D eigenvalue weighted by atomic mass is 10.1. The van der Waals surface area contributed by atoms with Crippen molar-refractivity contribution in [3.8, 4) is 11.3 Å². The first-order chi connectivity index (χ1) is 15.0. The van der Waals surface area contributed by atoms with Crippen LogP contribution in [0, 0.1) is 11.6 Å². The zero-order valence-electron chi connectivity index (χ0n) is 16.1. The highest BCUT2D eigenvalue weighted by molar-refractivity contribution is 6.04. The van der Waals surface area contributed by atoms with Crippen molar-refractivity contribution in [2.24, 2.45) is 0 Å². The quantitative estimate of drug-likeness (QED) is 0.435. The molecule has 1 aromatic heterocycles. The molecule has 4 aromatic rings. The Morgan fingerprint density at radius 3 is 1.68 bits per heavy atom. The number of nitrogens with one attached hydrogen (secondary N) is 2. The summed E-state index contributed by atoms with van der Waals surface area (Å²) in [7, 11) is 0. The van der Waals surface area contributed by atoms with E-state index in [1.54, 1.807) is 30.3 Å². The number of benzene rings is 3. The van der Waals surface area contributed by atoms with Crippen molar-refractivity contribution in [1.29, 1.82) is 0 Å². The number of furan rings is 1. The van der Waals surface area contributed by atoms with E-state index in [4.69, 9.17) is 4.42 Å². The van der Waals surface area contributed by atoms with E-state index < -0.39 is 11.7 Å². The average Bonchev–Trinajstić information content (AvgIpc) is 3.27. The van der Waals surface area contributed by atoms with Crippen molar-refractivity contribution >= 4 is 23.2 Å². The second-order valence-electron chi connectivity index (χ2n) is 6.66. The van der Waals surface area contributed by atoms with Crippen molar-refractivity contribution in [3.63, 3.8) is 0 Å². The van der Waals surface area contributed by atoms with Crippen molar-refractivity contribution in [1.82, 2.24) is 0 Å². The minimum Gasteiger partial charge on any atom is -0.451 e. The lowest BCUT2D eigenvalue weighted by molar-refractivity contribution is 0.0995. The summed E-state index contributed by atoms with van der Waals surface area (Å²) in [6.07, 6.45) is 0. The third-order valence-electron chi connectivity index (χ3n) is 4.47. The molecule has 0 spiro atoms. The second-order valence-corrected chi connectivity index (χ2v) is 6.66. The molecular weight excluding hydrogens is 402 g/mol. The highest BCUT2D eigenvalue weighted by atomic mass is 19.1. The molecular formula is C24H16F2N2O3. The van der Waals surface area contributed by atoms with E-state index in [-0.39, 0.29) is 17.5 Å². The number of rotatable bonds is 5. The van der Waals surface area contributed by atoms with Crippen LogP contribution in [0.15, 0.2) is 89.3 Å². The Kier molecular flexibility index (Phi) is 5.57. The molecule has 5 nitrogen and oxygen atoms in total. The summed E-state index contributed by atoms with van der Waals surface area (Å²) in [4.78, 5) is 24.6. The molecule has 1 heterocycles. The number of halogens is 2. The van der Waals surface area contributed by atoms with Crippen molar-refractivity contribution in [2.75, 3.05) is 10.6 Å². The molecule has 0 saturated carbocycles. The van der Waals surface area contributed by atoms with Crippen LogP contribution in [0.2, 0.25) is 0 Å². The summed E-state index contributed by atoms with van der Waals surface area (Å²) in [6, 6.07) is 20.7. The SMILES string of the molecule is O=C(Nc1ccc(F)cc1)c1ccc(-c2ccc(C(=O)Nc3ccc(F)cc3)o2)cc1. The highest BCUT2D eigenvalue weighted by Crippen LogP contribution is 2.24. The lowest BCUT2D eigenvalue weighted by Crippen LogP contribution is -2.11. The van der Waals surface area contributed by atoms with Gasteiger partial charge in [0.15, 0.2) is 5.76 Å². The Balaban J connectivity index is 1.42. The van der Waals surface area contributed by atoms with Gasteiger partial charge in [-0.05, 0) is 72.8 Å². The molecule has 0 aliphatic heterocycles. The first-order valence-electron chi connectivity index (χ1n) is 9.32. The number of carbonyl (C=O) groups is 2. The number of amides is 2. The molecule has 0 aliphatic rings. The lowest BCUT2D eigenvalue weighted by Gasteiger charge is -2.06. The van der Waals surface area contributed by atoms with Crippen LogP contribution in [-0.4, -0.2) is 11.8 Å². The summed E-state index contributed by atoms with van der Waals surface area (Å²) >= 11 is 0. The molecule has 0 atom stereocenters. The van der Waals surface area contributed by atoms with Crippen LogP contribution in [-0.2, 0) is 0 Å². The molecule has 0 fully saturated rings. The smallest absolute Gasteiger partial charge is 0.291 e. The third kappa shape index (κ3) is 4.84. The van der Waals surface area contributed by atoms with Crippen LogP contribution in [0.3, 0.4) is 0 Å². The van der Waals surface area contributed by atoms with Gasteiger partial charge < -0.3 is 15.1 Å². The molecule has 0 saturated heterocycles. The van der Waals surface area contributed by atoms with Gasteiger partial charge in [0.1, 0.15) is 17.4 Å². The van der Waals surface area contributed by atoms with E-state index in [9.17, 15) is 18.4 Å². The number of hydrogen-bond acceptors (Lipinski definition) is 3. The van der Waals surface area contributed by atoms with Crippen molar-refractivity contribution in [2.45, 2.75) is 0 Å². The Morgan fingerprint density at radius 1 is 0.613 bits per heavy atom. The Bertz CT molecular complexity index is 1220. The van der Waals surface area contributed by atoms with E-state index in [2.05, 4.69) is 10.6 Å². The van der Waals surface area contributed by atoms with Crippen LogP contribution < -0.4 is 10.6 Å². The van der Waals surface area contributed by atoms with Crippen LogP contribution in [0.1, 0.15) is 20.9 Å². The molecule has 0 bridgehead atoms. The molecule has 2 amide bonds. The van der Waals surface area contributed by atoms with E-state index in [0.717, 1.165) is 0 Å². The van der Waals surface area contributed by atoms with Gasteiger partial charge in [0, 0.05) is 22.5 Å². The minimum absolute atomic E-state index is 0.0949. The Morgan fingerprint density at radius 2 is 1.13 bits per heavy atom. The summed E-state index contributed by atoms with van der Waals surface area (Å²) in [6.45, 7) is 0. The zero-order valence-corrected chi connectivity index (χ0v) is 16.1. The number of carbonyl (C=O) groups excluding carboxylic acids is 2. The van der Waals surface area contributed by atoms with Gasteiger partial charge in [-0.3, -0.25) is 9.59 Å². The fourth-order valence-corrected chi connectivity index (χ4v) is 2.86. The Labute approximate surface area is 176 Å². The standard InChI is InChI=1S/C24H16F2N2O3/c25-17-5-9-19(10-6-17)27-23(29)16-3-1-15(2-4-16)21-13-14-22(31-21)24(30)28-20-11-7-18(26)8-12-20/h1-14H,(H,27,29)(H,28,30). The van der Waals surface area contributed by atoms with Gasteiger partial charge in [-0.15, -0.1) is 0 Å². The summed E-state index contributed by atoms with van der Waals surface area (Å²) in [5.41, 5.74) is 2.02. The monoisotopic (exact) mass is 418 g/mol. The summed E-state index contributed by atoms with van der Waals surface area (Å²) < 4.78 is 31.6. The van der Waals surface area contributed by atoms with Gasteiger partial charge in [-0.1, -0.05) is 12.1 Å². The van der Waals surface area contributed by atoms with Crippen molar-refractivity contribution in [3.05, 3.63) is 108 Å². The maximum absolute atomic E-state index is 13.0. The van der Waals surface area contributed by atoms with Gasteiger partial charge in [-0.2, -0.15) is 0 Å².